The molecule has 15 aromatic rings. The van der Waals surface area contributed by atoms with Crippen LogP contribution >= 0.6 is 0 Å². The Morgan fingerprint density at radius 2 is 0.836 bits per heavy atom. The molecule has 0 bridgehead atoms. The van der Waals surface area contributed by atoms with Crippen molar-refractivity contribution in [1.82, 2.24) is 13.4 Å². The van der Waals surface area contributed by atoms with Gasteiger partial charge in [-0.25, -0.2) is 0 Å². The molecule has 0 aliphatic rings. The Kier molecular flexibility index (Phi) is 6.97. The first-order valence-electron chi connectivity index (χ1n) is 23.8. The lowest BCUT2D eigenvalue weighted by molar-refractivity contribution is 0.591. The standard InChI is InChI=1S/C64H47N3/c1-63(2,3)39-25-27-55-47(31-39)48-29-36-16-10-12-20-42(36)58-51-35-57-52(34-56(51)66(55)61(48)58)59-43-21-13-11-17-37(43)30-49-50-33-40(64(4,5)6)32-45(60(50)67(57)62(49)59)38-24-26-54-46(28-38)44-22-14-15-23-53(44)65(54)41-18-8-7-9-19-41/h7-35H,1-6H3. The van der Waals surface area contributed by atoms with Crippen molar-refractivity contribution in [2.45, 2.75) is 52.4 Å². The number of para-hydroxylation sites is 2. The number of benzene rings is 10. The van der Waals surface area contributed by atoms with Crippen molar-refractivity contribution in [1.29, 1.82) is 0 Å². The van der Waals surface area contributed by atoms with Crippen LogP contribution in [0.3, 0.4) is 0 Å². The van der Waals surface area contributed by atoms with Gasteiger partial charge in [-0.1, -0.05) is 139 Å². The Labute approximate surface area is 387 Å². The number of hydrogen-bond donors (Lipinski definition) is 0. The molecule has 0 atom stereocenters. The first-order chi connectivity index (χ1) is 32.5. The van der Waals surface area contributed by atoms with Crippen LogP contribution in [0.2, 0.25) is 0 Å². The van der Waals surface area contributed by atoms with Gasteiger partial charge in [0, 0.05) is 65.1 Å². The van der Waals surface area contributed by atoms with Gasteiger partial charge in [0.2, 0.25) is 0 Å². The van der Waals surface area contributed by atoms with Crippen LogP contribution in [0.1, 0.15) is 52.7 Å². The van der Waals surface area contributed by atoms with E-state index in [2.05, 4.69) is 231 Å². The fraction of sp³-hybridized carbons (Fsp3) is 0.125. The summed E-state index contributed by atoms with van der Waals surface area (Å²) in [6.07, 6.45) is 0. The maximum absolute atomic E-state index is 2.66. The molecule has 0 radical (unpaired) electrons. The lowest BCUT2D eigenvalue weighted by atomic mass is 9.84. The summed E-state index contributed by atoms with van der Waals surface area (Å²) in [7, 11) is 0. The molecule has 5 heterocycles. The monoisotopic (exact) mass is 857 g/mol. The average Bonchev–Trinajstić information content (AvgIpc) is 4.12. The van der Waals surface area contributed by atoms with Crippen LogP contribution in [-0.4, -0.2) is 13.4 Å². The van der Waals surface area contributed by atoms with E-state index >= 15 is 0 Å². The van der Waals surface area contributed by atoms with E-state index in [4.69, 9.17) is 0 Å². The second-order valence-electron chi connectivity index (χ2n) is 21.4. The zero-order valence-electron chi connectivity index (χ0n) is 38.6. The van der Waals surface area contributed by atoms with Crippen LogP contribution in [0, 0.1) is 0 Å². The number of aromatic nitrogens is 3. The number of hydrogen-bond acceptors (Lipinski definition) is 0. The highest BCUT2D eigenvalue weighted by Crippen LogP contribution is 2.51. The first-order valence-corrected chi connectivity index (χ1v) is 23.8. The largest absolute Gasteiger partial charge is 0.309 e. The van der Waals surface area contributed by atoms with Gasteiger partial charge in [-0.3, -0.25) is 0 Å². The third kappa shape index (κ3) is 4.81. The van der Waals surface area contributed by atoms with Crippen LogP contribution in [0.4, 0.5) is 0 Å². The molecule has 15 rings (SSSR count). The Morgan fingerprint density at radius 3 is 1.52 bits per heavy atom. The second-order valence-corrected chi connectivity index (χ2v) is 21.4. The highest BCUT2D eigenvalue weighted by molar-refractivity contribution is 6.37. The van der Waals surface area contributed by atoms with Gasteiger partial charge in [0.15, 0.2) is 0 Å². The summed E-state index contributed by atoms with van der Waals surface area (Å²) in [5, 5.41) is 18.2. The van der Waals surface area contributed by atoms with Gasteiger partial charge in [-0.15, -0.1) is 0 Å². The Balaban J connectivity index is 1.13. The molecule has 0 amide bonds. The summed E-state index contributed by atoms with van der Waals surface area (Å²) in [6.45, 7) is 14.0. The molecule has 318 valence electrons. The fourth-order valence-electron chi connectivity index (χ4n) is 12.3. The van der Waals surface area contributed by atoms with E-state index in [9.17, 15) is 0 Å². The molecule has 0 aliphatic carbocycles. The van der Waals surface area contributed by atoms with Crippen molar-refractivity contribution < 1.29 is 0 Å². The summed E-state index contributed by atoms with van der Waals surface area (Å²) < 4.78 is 7.66. The molecule has 0 N–H and O–H groups in total. The highest BCUT2D eigenvalue weighted by atomic mass is 15.0. The summed E-state index contributed by atoms with van der Waals surface area (Å²) in [4.78, 5) is 0. The topological polar surface area (TPSA) is 13.8 Å². The minimum atomic E-state index is -0.0725. The van der Waals surface area contributed by atoms with E-state index in [-0.39, 0.29) is 10.8 Å². The molecule has 0 aliphatic heterocycles. The van der Waals surface area contributed by atoms with Gasteiger partial charge >= 0.3 is 0 Å². The average molecular weight is 858 g/mol. The minimum Gasteiger partial charge on any atom is -0.309 e. The molecular weight excluding hydrogens is 811 g/mol. The van der Waals surface area contributed by atoms with Crippen molar-refractivity contribution in [3.63, 3.8) is 0 Å². The van der Waals surface area contributed by atoms with Crippen molar-refractivity contribution in [2.75, 3.05) is 0 Å². The minimum absolute atomic E-state index is 0.0421. The molecular formula is C64H47N3. The molecule has 5 aromatic heterocycles. The molecule has 10 aromatic carbocycles. The molecule has 3 nitrogen and oxygen atoms in total. The normalized spacial score (nSPS) is 13.2. The summed E-state index contributed by atoms with van der Waals surface area (Å²) in [5.74, 6) is 0. The zero-order valence-corrected chi connectivity index (χ0v) is 38.6. The smallest absolute Gasteiger partial charge is 0.0627 e. The van der Waals surface area contributed by atoms with Crippen molar-refractivity contribution in [2.24, 2.45) is 0 Å². The van der Waals surface area contributed by atoms with E-state index in [1.807, 2.05) is 0 Å². The van der Waals surface area contributed by atoms with Gasteiger partial charge in [0.1, 0.15) is 0 Å². The van der Waals surface area contributed by atoms with Gasteiger partial charge in [0.25, 0.3) is 0 Å². The third-order valence-electron chi connectivity index (χ3n) is 15.5. The maximum Gasteiger partial charge on any atom is 0.0627 e. The van der Waals surface area contributed by atoms with Crippen LogP contribution < -0.4 is 0 Å². The quantitative estimate of drug-likeness (QED) is 0.164. The molecule has 0 spiro atoms. The first kappa shape index (κ1) is 37.4. The van der Waals surface area contributed by atoms with E-state index in [1.54, 1.807) is 0 Å². The molecule has 3 heteroatoms. The lowest BCUT2D eigenvalue weighted by Crippen LogP contribution is -2.11. The molecule has 0 saturated heterocycles. The molecule has 0 saturated carbocycles. The third-order valence-corrected chi connectivity index (χ3v) is 15.5. The van der Waals surface area contributed by atoms with Gasteiger partial charge < -0.3 is 13.4 Å². The highest BCUT2D eigenvalue weighted by Gasteiger charge is 2.28. The predicted molar refractivity (Wildman–Crippen MR) is 288 cm³/mol. The van der Waals surface area contributed by atoms with E-state index in [0.29, 0.717) is 0 Å². The second kappa shape index (κ2) is 12.5. The zero-order chi connectivity index (χ0) is 44.8. The van der Waals surface area contributed by atoms with Crippen molar-refractivity contribution in [3.8, 4) is 16.8 Å². The van der Waals surface area contributed by atoms with Gasteiger partial charge in [0.05, 0.1) is 44.1 Å². The number of fused-ring (bicyclic) bond motifs is 19. The van der Waals surface area contributed by atoms with Crippen LogP contribution in [0.15, 0.2) is 176 Å². The molecule has 67 heavy (non-hydrogen) atoms. The SMILES string of the molecule is CC(C)(C)c1ccc2c(c1)c1cc3ccccc3c3c4cc5c(cc4n2c13)c1c2ccccc2cc2c3cc(C(C)(C)C)cc(-c4ccc6c(c4)c4ccccc4n6-c4ccccc4)c3n5c21. The lowest BCUT2D eigenvalue weighted by Gasteiger charge is -2.21. The predicted octanol–water partition coefficient (Wildman–Crippen LogP) is 17.7. The van der Waals surface area contributed by atoms with Crippen LogP contribution in [0.5, 0.6) is 0 Å². The van der Waals surface area contributed by atoms with E-state index < -0.39 is 0 Å². The molecule has 0 unspecified atom stereocenters. The number of nitrogens with zero attached hydrogens (tertiary/aromatic N) is 3. The van der Waals surface area contributed by atoms with Crippen molar-refractivity contribution >= 4 is 120 Å². The Bertz CT molecular complexity index is 4620. The molecule has 0 fully saturated rings. The van der Waals surface area contributed by atoms with E-state index in [0.717, 1.165) is 0 Å². The van der Waals surface area contributed by atoms with Gasteiger partial charge in [-0.2, -0.15) is 0 Å². The number of rotatable bonds is 2. The van der Waals surface area contributed by atoms with Crippen LogP contribution in [-0.2, 0) is 10.8 Å². The van der Waals surface area contributed by atoms with E-state index in [1.165, 1.54) is 147 Å². The van der Waals surface area contributed by atoms with Crippen molar-refractivity contribution in [3.05, 3.63) is 187 Å². The van der Waals surface area contributed by atoms with Crippen LogP contribution in [0.25, 0.3) is 136 Å². The Morgan fingerprint density at radius 1 is 0.313 bits per heavy atom. The summed E-state index contributed by atoms with van der Waals surface area (Å²) >= 11 is 0. The van der Waals surface area contributed by atoms with Gasteiger partial charge in [-0.05, 0) is 128 Å². The summed E-state index contributed by atoms with van der Waals surface area (Å²) in [5.41, 5.74) is 16.4. The summed E-state index contributed by atoms with van der Waals surface area (Å²) in [6, 6.07) is 67.2. The maximum atomic E-state index is 2.66. The Hall–Kier alpha value is -7.88. The fourth-order valence-corrected chi connectivity index (χ4v) is 12.3.